The number of aryl methyl sites for hydroxylation is 1. The first-order chi connectivity index (χ1) is 14.5. The van der Waals surface area contributed by atoms with E-state index in [2.05, 4.69) is 10.4 Å². The lowest BCUT2D eigenvalue weighted by Gasteiger charge is -2.26. The lowest BCUT2D eigenvalue weighted by molar-refractivity contribution is -0.121. The van der Waals surface area contributed by atoms with Crippen molar-refractivity contribution in [3.63, 3.8) is 0 Å². The minimum absolute atomic E-state index is 0.0882. The number of nitrogens with zero attached hydrogens (tertiary/aromatic N) is 4. The quantitative estimate of drug-likeness (QED) is 0.620. The largest absolute Gasteiger partial charge is 0.354 e. The Kier molecular flexibility index (Phi) is 5.80. The van der Waals surface area contributed by atoms with E-state index in [-0.39, 0.29) is 24.2 Å². The van der Waals surface area contributed by atoms with Gasteiger partial charge in [0.2, 0.25) is 11.7 Å². The Labute approximate surface area is 177 Å². The Morgan fingerprint density at radius 1 is 1.20 bits per heavy atom. The Morgan fingerprint density at radius 2 is 2.07 bits per heavy atom. The molecular formula is C21H23N5O3S. The second kappa shape index (κ2) is 8.66. The molecule has 0 bridgehead atoms. The Hall–Kier alpha value is -3.20. The molecule has 0 unspecified atom stereocenters. The second-order valence-corrected chi connectivity index (χ2v) is 8.34. The molecule has 156 valence electrons. The molecule has 0 saturated heterocycles. The van der Waals surface area contributed by atoms with Gasteiger partial charge in [0, 0.05) is 31.1 Å². The molecule has 2 aromatic heterocycles. The van der Waals surface area contributed by atoms with Crippen molar-refractivity contribution < 1.29 is 9.59 Å². The third-order valence-corrected chi connectivity index (χ3v) is 5.95. The number of amides is 2. The number of hydrogen-bond donors (Lipinski definition) is 1. The number of aromatic nitrogens is 3. The average Bonchev–Trinajstić information content (AvgIpc) is 3.33. The van der Waals surface area contributed by atoms with Gasteiger partial charge in [0.15, 0.2) is 0 Å². The van der Waals surface area contributed by atoms with Crippen LogP contribution in [0, 0.1) is 6.92 Å². The Bertz CT molecular complexity index is 1120. The van der Waals surface area contributed by atoms with Crippen LogP contribution in [0.15, 0.2) is 46.6 Å². The first-order valence-electron chi connectivity index (χ1n) is 9.83. The highest BCUT2D eigenvalue weighted by Gasteiger charge is 2.30. The van der Waals surface area contributed by atoms with Gasteiger partial charge in [-0.25, -0.2) is 9.48 Å². The van der Waals surface area contributed by atoms with Gasteiger partial charge in [0.1, 0.15) is 6.54 Å². The van der Waals surface area contributed by atoms with Gasteiger partial charge in [-0.15, -0.1) is 16.4 Å². The predicted molar refractivity (Wildman–Crippen MR) is 113 cm³/mol. The van der Waals surface area contributed by atoms with E-state index < -0.39 is 5.69 Å². The van der Waals surface area contributed by atoms with Crippen LogP contribution in [-0.2, 0) is 30.8 Å². The van der Waals surface area contributed by atoms with Crippen molar-refractivity contribution >= 4 is 23.2 Å². The van der Waals surface area contributed by atoms with Crippen molar-refractivity contribution in [1.29, 1.82) is 0 Å². The third-order valence-electron chi connectivity index (χ3n) is 5.02. The van der Waals surface area contributed by atoms with Crippen molar-refractivity contribution in [2.24, 2.45) is 0 Å². The SMILES string of the molecule is Cc1cccc(CN2CCn3c(nn(CC(=O)NCCc4cccs4)c3=O)C2=O)c1. The van der Waals surface area contributed by atoms with Gasteiger partial charge in [0.05, 0.1) is 0 Å². The van der Waals surface area contributed by atoms with Crippen LogP contribution in [-0.4, -0.2) is 44.2 Å². The maximum atomic E-state index is 12.9. The van der Waals surface area contributed by atoms with Crippen molar-refractivity contribution in [3.8, 4) is 0 Å². The van der Waals surface area contributed by atoms with Gasteiger partial charge in [-0.05, 0) is 30.4 Å². The summed E-state index contributed by atoms with van der Waals surface area (Å²) < 4.78 is 2.43. The van der Waals surface area contributed by atoms with Gasteiger partial charge < -0.3 is 10.2 Å². The lowest BCUT2D eigenvalue weighted by atomic mass is 10.1. The molecule has 0 saturated carbocycles. The van der Waals surface area contributed by atoms with Gasteiger partial charge in [-0.3, -0.25) is 14.2 Å². The molecule has 0 atom stereocenters. The Balaban J connectivity index is 1.40. The zero-order chi connectivity index (χ0) is 21.1. The fourth-order valence-electron chi connectivity index (χ4n) is 3.52. The molecule has 0 spiro atoms. The molecule has 4 rings (SSSR count). The molecule has 2 amide bonds. The average molecular weight is 426 g/mol. The molecule has 3 aromatic rings. The maximum Gasteiger partial charge on any atom is 0.346 e. The number of benzene rings is 1. The molecular weight excluding hydrogens is 402 g/mol. The minimum atomic E-state index is -0.429. The minimum Gasteiger partial charge on any atom is -0.354 e. The van der Waals surface area contributed by atoms with Crippen LogP contribution in [0.1, 0.15) is 26.6 Å². The summed E-state index contributed by atoms with van der Waals surface area (Å²) in [6, 6.07) is 12.0. The monoisotopic (exact) mass is 425 g/mol. The summed E-state index contributed by atoms with van der Waals surface area (Å²) >= 11 is 1.64. The fraction of sp³-hybridized carbons (Fsp3) is 0.333. The number of thiophene rings is 1. The number of carbonyl (C=O) groups excluding carboxylic acids is 2. The van der Waals surface area contributed by atoms with E-state index in [1.54, 1.807) is 16.2 Å². The number of fused-ring (bicyclic) bond motifs is 1. The van der Waals surface area contributed by atoms with Gasteiger partial charge in [-0.1, -0.05) is 35.9 Å². The molecule has 1 aliphatic rings. The molecule has 1 aliphatic heterocycles. The zero-order valence-corrected chi connectivity index (χ0v) is 17.5. The molecule has 30 heavy (non-hydrogen) atoms. The topological polar surface area (TPSA) is 89.2 Å². The second-order valence-electron chi connectivity index (χ2n) is 7.31. The van der Waals surface area contributed by atoms with Crippen LogP contribution < -0.4 is 11.0 Å². The van der Waals surface area contributed by atoms with E-state index >= 15 is 0 Å². The summed E-state index contributed by atoms with van der Waals surface area (Å²) in [5, 5.41) is 8.95. The summed E-state index contributed by atoms with van der Waals surface area (Å²) in [6.45, 7) is 3.56. The molecule has 0 fully saturated rings. The highest BCUT2D eigenvalue weighted by atomic mass is 32.1. The van der Waals surface area contributed by atoms with Crippen LogP contribution in [0.2, 0.25) is 0 Å². The summed E-state index contributed by atoms with van der Waals surface area (Å²) in [5.41, 5.74) is 1.73. The Morgan fingerprint density at radius 3 is 2.83 bits per heavy atom. The highest BCUT2D eigenvalue weighted by Crippen LogP contribution is 2.14. The molecule has 0 radical (unpaired) electrons. The first-order valence-corrected chi connectivity index (χ1v) is 10.7. The number of carbonyl (C=O) groups is 2. The van der Waals surface area contributed by atoms with Crippen molar-refractivity contribution in [2.75, 3.05) is 13.1 Å². The van der Waals surface area contributed by atoms with Crippen LogP contribution in [0.5, 0.6) is 0 Å². The van der Waals surface area contributed by atoms with E-state index in [4.69, 9.17) is 0 Å². The smallest absolute Gasteiger partial charge is 0.346 e. The molecule has 1 N–H and O–H groups in total. The van der Waals surface area contributed by atoms with Crippen LogP contribution in [0.4, 0.5) is 0 Å². The van der Waals surface area contributed by atoms with E-state index in [0.717, 1.165) is 22.2 Å². The zero-order valence-electron chi connectivity index (χ0n) is 16.7. The van der Waals surface area contributed by atoms with Gasteiger partial charge in [-0.2, -0.15) is 0 Å². The van der Waals surface area contributed by atoms with E-state index in [1.807, 2.05) is 48.7 Å². The molecule has 8 nitrogen and oxygen atoms in total. The standard InChI is InChI=1S/C21H23N5O3S/c1-15-4-2-5-16(12-15)13-24-9-10-25-19(20(24)28)23-26(21(25)29)14-18(27)22-8-7-17-6-3-11-30-17/h2-6,11-12H,7-10,13-14H2,1H3,(H,22,27). The summed E-state index contributed by atoms with van der Waals surface area (Å²) in [7, 11) is 0. The number of nitrogens with one attached hydrogen (secondary N) is 1. The summed E-state index contributed by atoms with van der Waals surface area (Å²) in [5.74, 6) is -0.504. The van der Waals surface area contributed by atoms with E-state index in [9.17, 15) is 14.4 Å². The number of hydrogen-bond acceptors (Lipinski definition) is 5. The molecule has 0 aliphatic carbocycles. The normalized spacial score (nSPS) is 13.4. The van der Waals surface area contributed by atoms with Crippen molar-refractivity contribution in [3.05, 3.63) is 74.1 Å². The predicted octanol–water partition coefficient (Wildman–Crippen LogP) is 1.43. The molecule has 9 heteroatoms. The van der Waals surface area contributed by atoms with Crippen LogP contribution >= 0.6 is 11.3 Å². The first kappa shape index (κ1) is 20.1. The van der Waals surface area contributed by atoms with Crippen LogP contribution in [0.3, 0.4) is 0 Å². The molecule has 3 heterocycles. The summed E-state index contributed by atoms with van der Waals surface area (Å²) in [6.07, 6.45) is 0.740. The van der Waals surface area contributed by atoms with Gasteiger partial charge in [0.25, 0.3) is 5.91 Å². The van der Waals surface area contributed by atoms with E-state index in [0.29, 0.717) is 26.2 Å². The van der Waals surface area contributed by atoms with Crippen molar-refractivity contribution in [2.45, 2.75) is 33.0 Å². The number of rotatable bonds is 7. The fourth-order valence-corrected chi connectivity index (χ4v) is 4.23. The van der Waals surface area contributed by atoms with Crippen LogP contribution in [0.25, 0.3) is 0 Å². The highest BCUT2D eigenvalue weighted by molar-refractivity contribution is 7.09. The molecule has 1 aromatic carbocycles. The van der Waals surface area contributed by atoms with E-state index in [1.165, 1.54) is 9.44 Å². The lowest BCUT2D eigenvalue weighted by Crippen LogP contribution is -2.42. The summed E-state index contributed by atoms with van der Waals surface area (Å²) in [4.78, 5) is 40.5. The maximum absolute atomic E-state index is 12.9. The third kappa shape index (κ3) is 4.35. The van der Waals surface area contributed by atoms with Gasteiger partial charge >= 0.3 is 5.69 Å². The van der Waals surface area contributed by atoms with Crippen molar-refractivity contribution in [1.82, 2.24) is 24.6 Å².